The molecule has 5 rings (SSSR count). The minimum absolute atomic E-state index is 0.149. The molecule has 1 N–H and O–H groups in total. The highest BCUT2D eigenvalue weighted by Gasteiger charge is 2.21. The third-order valence-electron chi connectivity index (χ3n) is 6.43. The van der Waals surface area contributed by atoms with Crippen LogP contribution < -0.4 is 10.9 Å². The highest BCUT2D eigenvalue weighted by atomic mass is 19.1. The summed E-state index contributed by atoms with van der Waals surface area (Å²) in [5.74, 6) is 0.661. The number of fused-ring (bicyclic) bond motifs is 2. The summed E-state index contributed by atoms with van der Waals surface area (Å²) in [4.78, 5) is 29.1. The standard InChI is InChI=1S/C26H30FN7O/c1-6-33-24(35)18-14-28-25(29-17-12-16-10-11-32(5)15-19(16)20(27)13-17)31-23(18)34(33)22-9-7-8-21(30-22)26(2,3)4/h7-9,12-14H,6,10-11,15H2,1-5H3,(H,28,29,31). The van der Waals surface area contributed by atoms with Crippen molar-refractivity contribution in [1.29, 1.82) is 0 Å². The average Bonchev–Trinajstić information content (AvgIpc) is 3.10. The molecule has 0 amide bonds. The van der Waals surface area contributed by atoms with Gasteiger partial charge in [-0.2, -0.15) is 4.98 Å². The van der Waals surface area contributed by atoms with Crippen LogP contribution in [0.5, 0.6) is 0 Å². The van der Waals surface area contributed by atoms with E-state index in [-0.39, 0.29) is 16.8 Å². The molecule has 0 aliphatic carbocycles. The zero-order valence-corrected chi connectivity index (χ0v) is 20.8. The van der Waals surface area contributed by atoms with Gasteiger partial charge in [-0.05, 0) is 50.2 Å². The molecule has 1 aliphatic rings. The fourth-order valence-corrected chi connectivity index (χ4v) is 4.52. The van der Waals surface area contributed by atoms with Crippen molar-refractivity contribution in [3.8, 4) is 5.82 Å². The molecule has 0 saturated carbocycles. The van der Waals surface area contributed by atoms with E-state index < -0.39 is 0 Å². The number of likely N-dealkylation sites (N-methyl/N-ethyl adjacent to an activating group) is 1. The number of nitrogens with zero attached hydrogens (tertiary/aromatic N) is 6. The first-order valence-corrected chi connectivity index (χ1v) is 11.9. The topological polar surface area (TPSA) is 80.9 Å². The van der Waals surface area contributed by atoms with Crippen LogP contribution in [0.3, 0.4) is 0 Å². The van der Waals surface area contributed by atoms with E-state index in [1.54, 1.807) is 9.36 Å². The number of halogens is 1. The molecule has 0 fully saturated rings. The summed E-state index contributed by atoms with van der Waals surface area (Å²) in [7, 11) is 1.99. The van der Waals surface area contributed by atoms with Gasteiger partial charge in [0.2, 0.25) is 5.95 Å². The lowest BCUT2D eigenvalue weighted by molar-refractivity contribution is 0.306. The molecule has 1 aliphatic heterocycles. The summed E-state index contributed by atoms with van der Waals surface area (Å²) in [6.45, 7) is 10.1. The van der Waals surface area contributed by atoms with Crippen molar-refractivity contribution in [2.45, 2.75) is 52.6 Å². The molecule has 9 heteroatoms. The molecule has 3 aromatic heterocycles. The molecule has 182 valence electrons. The minimum atomic E-state index is -0.241. The summed E-state index contributed by atoms with van der Waals surface area (Å²) >= 11 is 0. The summed E-state index contributed by atoms with van der Waals surface area (Å²) in [6.07, 6.45) is 2.31. The van der Waals surface area contributed by atoms with Gasteiger partial charge in [0.1, 0.15) is 11.2 Å². The predicted octanol–water partition coefficient (Wildman–Crippen LogP) is 4.17. The largest absolute Gasteiger partial charge is 0.324 e. The van der Waals surface area contributed by atoms with Crippen LogP contribution in [0.25, 0.3) is 16.9 Å². The molecule has 0 spiro atoms. The first-order chi connectivity index (χ1) is 16.7. The first-order valence-electron chi connectivity index (χ1n) is 11.9. The van der Waals surface area contributed by atoms with E-state index in [0.717, 1.165) is 29.8 Å². The van der Waals surface area contributed by atoms with Crippen molar-refractivity contribution >= 4 is 22.7 Å². The average molecular weight is 476 g/mol. The van der Waals surface area contributed by atoms with Gasteiger partial charge in [-0.3, -0.25) is 4.79 Å². The highest BCUT2D eigenvalue weighted by Crippen LogP contribution is 2.27. The minimum Gasteiger partial charge on any atom is -0.324 e. The Labute approximate surface area is 203 Å². The monoisotopic (exact) mass is 475 g/mol. The van der Waals surface area contributed by atoms with Crippen molar-refractivity contribution < 1.29 is 4.39 Å². The van der Waals surface area contributed by atoms with Crippen LogP contribution in [-0.2, 0) is 24.9 Å². The van der Waals surface area contributed by atoms with E-state index in [2.05, 4.69) is 41.0 Å². The molecule has 0 unspecified atom stereocenters. The summed E-state index contributed by atoms with van der Waals surface area (Å²) in [5, 5.41) is 3.54. The lowest BCUT2D eigenvalue weighted by Gasteiger charge is -2.25. The van der Waals surface area contributed by atoms with Crippen LogP contribution in [0.2, 0.25) is 0 Å². The van der Waals surface area contributed by atoms with Crippen molar-refractivity contribution in [2.24, 2.45) is 0 Å². The third kappa shape index (κ3) is 4.20. The Morgan fingerprint density at radius 2 is 1.97 bits per heavy atom. The molecule has 4 heterocycles. The van der Waals surface area contributed by atoms with Crippen LogP contribution in [0.4, 0.5) is 16.0 Å². The second-order valence-electron chi connectivity index (χ2n) is 10.1. The Morgan fingerprint density at radius 1 is 1.17 bits per heavy atom. The lowest BCUT2D eigenvalue weighted by atomic mass is 9.92. The number of pyridine rings is 1. The van der Waals surface area contributed by atoms with Gasteiger partial charge in [0.15, 0.2) is 11.5 Å². The van der Waals surface area contributed by atoms with Gasteiger partial charge in [0, 0.05) is 48.2 Å². The van der Waals surface area contributed by atoms with E-state index in [4.69, 9.17) is 4.98 Å². The number of anilines is 2. The zero-order chi connectivity index (χ0) is 24.9. The fraction of sp³-hybridized carbons (Fsp3) is 0.385. The van der Waals surface area contributed by atoms with Gasteiger partial charge in [-0.1, -0.05) is 26.8 Å². The van der Waals surface area contributed by atoms with Gasteiger partial charge in [0.05, 0.1) is 0 Å². The number of benzene rings is 1. The Balaban J connectivity index is 1.60. The number of aromatic nitrogens is 5. The Bertz CT molecular complexity index is 1480. The lowest BCUT2D eigenvalue weighted by Crippen LogP contribution is -2.27. The van der Waals surface area contributed by atoms with Crippen molar-refractivity contribution in [3.05, 3.63) is 69.5 Å². The summed E-state index contributed by atoms with van der Waals surface area (Å²) in [5.41, 5.74) is 3.34. The van der Waals surface area contributed by atoms with Crippen LogP contribution >= 0.6 is 0 Å². The molecule has 0 saturated heterocycles. The van der Waals surface area contributed by atoms with E-state index in [0.29, 0.717) is 41.6 Å². The van der Waals surface area contributed by atoms with Gasteiger partial charge < -0.3 is 10.2 Å². The van der Waals surface area contributed by atoms with E-state index in [9.17, 15) is 9.18 Å². The maximum atomic E-state index is 14.8. The molecule has 0 bridgehead atoms. The summed E-state index contributed by atoms with van der Waals surface area (Å²) in [6, 6.07) is 9.22. The van der Waals surface area contributed by atoms with Crippen LogP contribution in [0.15, 0.2) is 41.3 Å². The second-order valence-corrected chi connectivity index (χ2v) is 10.1. The van der Waals surface area contributed by atoms with Gasteiger partial charge in [-0.25, -0.2) is 23.7 Å². The SMILES string of the molecule is CCn1c(=O)c2cnc(Nc3cc(F)c4c(c3)CCN(C)C4)nc2n1-c1cccc(C(C)(C)C)n1. The molecule has 35 heavy (non-hydrogen) atoms. The normalized spacial score (nSPS) is 14.3. The molecule has 0 atom stereocenters. The van der Waals surface area contributed by atoms with E-state index in [1.165, 1.54) is 12.3 Å². The maximum absolute atomic E-state index is 14.8. The molecule has 1 aromatic carbocycles. The smallest absolute Gasteiger partial charge is 0.278 e. The molecule has 4 aromatic rings. The molecule has 0 radical (unpaired) electrons. The van der Waals surface area contributed by atoms with E-state index >= 15 is 0 Å². The fourth-order valence-electron chi connectivity index (χ4n) is 4.52. The Kier molecular flexibility index (Phi) is 5.67. The van der Waals surface area contributed by atoms with Crippen LogP contribution in [-0.4, -0.2) is 42.8 Å². The zero-order valence-electron chi connectivity index (χ0n) is 20.8. The second kappa shape index (κ2) is 8.57. The van der Waals surface area contributed by atoms with Crippen molar-refractivity contribution in [3.63, 3.8) is 0 Å². The van der Waals surface area contributed by atoms with Gasteiger partial charge in [-0.15, -0.1) is 0 Å². The molecule has 8 nitrogen and oxygen atoms in total. The van der Waals surface area contributed by atoms with E-state index in [1.807, 2.05) is 38.2 Å². The van der Waals surface area contributed by atoms with Crippen LogP contribution in [0.1, 0.15) is 44.5 Å². The van der Waals surface area contributed by atoms with Crippen molar-refractivity contribution in [2.75, 3.05) is 18.9 Å². The number of hydrogen-bond acceptors (Lipinski definition) is 6. The number of rotatable bonds is 4. The van der Waals surface area contributed by atoms with Gasteiger partial charge in [0.25, 0.3) is 5.56 Å². The predicted molar refractivity (Wildman–Crippen MR) is 135 cm³/mol. The Morgan fingerprint density at radius 3 is 2.71 bits per heavy atom. The Hall–Kier alpha value is -3.59. The molecular weight excluding hydrogens is 445 g/mol. The number of nitrogens with one attached hydrogen (secondary N) is 1. The number of hydrogen-bond donors (Lipinski definition) is 1. The van der Waals surface area contributed by atoms with Crippen molar-refractivity contribution in [1.82, 2.24) is 29.2 Å². The summed E-state index contributed by atoms with van der Waals surface area (Å²) < 4.78 is 18.2. The van der Waals surface area contributed by atoms with Gasteiger partial charge >= 0.3 is 0 Å². The molecular formula is C26H30FN7O. The maximum Gasteiger partial charge on any atom is 0.278 e. The third-order valence-corrected chi connectivity index (χ3v) is 6.43. The quantitative estimate of drug-likeness (QED) is 0.477. The van der Waals surface area contributed by atoms with Crippen LogP contribution in [0, 0.1) is 5.82 Å². The first kappa shape index (κ1) is 23.2. The highest BCUT2D eigenvalue weighted by molar-refractivity contribution is 5.77.